The molecule has 0 aliphatic rings. The van der Waals surface area contributed by atoms with Crippen LogP contribution in [0.5, 0.6) is 17.2 Å². The second-order valence-electron chi connectivity index (χ2n) is 5.63. The molecule has 0 spiro atoms. The van der Waals surface area contributed by atoms with Crippen molar-refractivity contribution in [2.75, 3.05) is 35.5 Å². The van der Waals surface area contributed by atoms with E-state index in [4.69, 9.17) is 23.3 Å². The molecule has 1 atom stereocenters. The van der Waals surface area contributed by atoms with Crippen LogP contribution in [0.2, 0.25) is 0 Å². The van der Waals surface area contributed by atoms with Gasteiger partial charge in [0.2, 0.25) is 5.75 Å². The van der Waals surface area contributed by atoms with E-state index in [1.807, 2.05) is 30.3 Å². The highest BCUT2D eigenvalue weighted by atomic mass is 31.2. The topological polar surface area (TPSA) is 75.3 Å². The van der Waals surface area contributed by atoms with Gasteiger partial charge in [-0.25, -0.2) is 0 Å². The van der Waals surface area contributed by atoms with Crippen LogP contribution < -0.4 is 19.5 Å². The van der Waals surface area contributed by atoms with E-state index >= 15 is 0 Å². The fraction of sp³-hybridized carbons (Fsp3) is 0.368. The van der Waals surface area contributed by atoms with Crippen molar-refractivity contribution in [1.82, 2.24) is 5.32 Å². The molecule has 0 aliphatic carbocycles. The lowest BCUT2D eigenvalue weighted by Crippen LogP contribution is -2.22. The second kappa shape index (κ2) is 9.76. The molecule has 0 saturated heterocycles. The van der Waals surface area contributed by atoms with Gasteiger partial charge in [0.05, 0.1) is 21.3 Å². The maximum Gasteiger partial charge on any atom is 0.351 e. The minimum atomic E-state index is -3.50. The Morgan fingerprint density at radius 2 is 1.44 bits per heavy atom. The summed E-state index contributed by atoms with van der Waals surface area (Å²) >= 11 is 0. The Bertz CT molecular complexity index is 750. The highest BCUT2D eigenvalue weighted by Gasteiger charge is 2.36. The lowest BCUT2D eigenvalue weighted by molar-refractivity contribution is 0.259. The Morgan fingerprint density at radius 1 is 0.889 bits per heavy atom. The SMILES string of the molecule is COc1cc(C(NCc2ccccc2)P(=O)(OC)OC)cc(OC)c1OC. The van der Waals surface area contributed by atoms with Gasteiger partial charge >= 0.3 is 7.60 Å². The van der Waals surface area contributed by atoms with E-state index in [-0.39, 0.29) is 0 Å². The lowest BCUT2D eigenvalue weighted by Gasteiger charge is -2.27. The summed E-state index contributed by atoms with van der Waals surface area (Å²) in [6.45, 7) is 0.471. The Kier molecular flexibility index (Phi) is 7.68. The van der Waals surface area contributed by atoms with Gasteiger partial charge in [-0.1, -0.05) is 30.3 Å². The molecule has 2 aromatic carbocycles. The number of hydrogen-bond donors (Lipinski definition) is 1. The predicted octanol–water partition coefficient (Wildman–Crippen LogP) is 3.99. The maximum atomic E-state index is 13.2. The molecule has 27 heavy (non-hydrogen) atoms. The number of hydrogen-bond acceptors (Lipinski definition) is 7. The van der Waals surface area contributed by atoms with Crippen molar-refractivity contribution in [2.45, 2.75) is 12.3 Å². The van der Waals surface area contributed by atoms with Crippen molar-refractivity contribution in [1.29, 1.82) is 0 Å². The van der Waals surface area contributed by atoms with Crippen LogP contribution in [0.1, 0.15) is 16.9 Å². The molecule has 0 amide bonds. The van der Waals surface area contributed by atoms with Crippen molar-refractivity contribution in [3.05, 3.63) is 53.6 Å². The Hall–Kier alpha value is -2.05. The number of nitrogens with one attached hydrogen (secondary N) is 1. The summed E-state index contributed by atoms with van der Waals surface area (Å²) < 4.78 is 39.9. The fourth-order valence-electron chi connectivity index (χ4n) is 2.77. The average molecular weight is 395 g/mol. The van der Waals surface area contributed by atoms with Crippen LogP contribution in [0.25, 0.3) is 0 Å². The molecular weight excluding hydrogens is 369 g/mol. The van der Waals surface area contributed by atoms with Crippen LogP contribution in [0.15, 0.2) is 42.5 Å². The van der Waals surface area contributed by atoms with E-state index in [1.165, 1.54) is 35.5 Å². The summed E-state index contributed by atoms with van der Waals surface area (Å²) in [5, 5.41) is 3.27. The zero-order chi connectivity index (χ0) is 19.9. The smallest absolute Gasteiger partial charge is 0.351 e. The summed E-state index contributed by atoms with van der Waals surface area (Å²) in [5.41, 5.74) is 1.67. The minimum Gasteiger partial charge on any atom is -0.493 e. The first-order chi connectivity index (χ1) is 13.0. The van der Waals surface area contributed by atoms with Crippen molar-refractivity contribution in [2.24, 2.45) is 0 Å². The third kappa shape index (κ3) is 4.82. The molecule has 148 valence electrons. The lowest BCUT2D eigenvalue weighted by atomic mass is 10.1. The minimum absolute atomic E-state index is 0.454. The molecule has 0 radical (unpaired) electrons. The highest BCUT2D eigenvalue weighted by molar-refractivity contribution is 7.54. The monoisotopic (exact) mass is 395 g/mol. The fourth-order valence-corrected chi connectivity index (χ4v) is 4.17. The molecule has 0 fully saturated rings. The second-order valence-corrected chi connectivity index (χ2v) is 7.96. The number of ether oxygens (including phenoxy) is 3. The van der Waals surface area contributed by atoms with Gasteiger partial charge in [0, 0.05) is 20.8 Å². The molecule has 2 rings (SSSR count). The van der Waals surface area contributed by atoms with Gasteiger partial charge in [0.1, 0.15) is 5.78 Å². The average Bonchev–Trinajstić information content (AvgIpc) is 2.73. The van der Waals surface area contributed by atoms with Gasteiger partial charge in [-0.3, -0.25) is 9.88 Å². The third-order valence-electron chi connectivity index (χ3n) is 4.17. The van der Waals surface area contributed by atoms with Gasteiger partial charge in [-0.15, -0.1) is 0 Å². The van der Waals surface area contributed by atoms with Crippen LogP contribution >= 0.6 is 7.60 Å². The van der Waals surface area contributed by atoms with Gasteiger partial charge in [0.15, 0.2) is 11.5 Å². The van der Waals surface area contributed by atoms with Crippen molar-refractivity contribution in [3.63, 3.8) is 0 Å². The molecule has 2 aromatic rings. The van der Waals surface area contributed by atoms with E-state index in [0.29, 0.717) is 29.4 Å². The van der Waals surface area contributed by atoms with Gasteiger partial charge < -0.3 is 23.3 Å². The van der Waals surface area contributed by atoms with E-state index in [9.17, 15) is 4.57 Å². The summed E-state index contributed by atoms with van der Waals surface area (Å²) in [6.07, 6.45) is 0. The van der Waals surface area contributed by atoms with Crippen LogP contribution in [-0.4, -0.2) is 35.5 Å². The quantitative estimate of drug-likeness (QED) is 0.610. The number of methoxy groups -OCH3 is 3. The largest absolute Gasteiger partial charge is 0.493 e. The molecule has 0 saturated carbocycles. The molecule has 0 bridgehead atoms. The molecular formula is C19H26NO6P. The van der Waals surface area contributed by atoms with Crippen LogP contribution in [0, 0.1) is 0 Å². The molecule has 0 aliphatic heterocycles. The van der Waals surface area contributed by atoms with Crippen molar-refractivity contribution >= 4 is 7.60 Å². The standard InChI is InChI=1S/C19H26NO6P/c1-22-16-11-15(12-17(23-2)18(16)24-3)19(27(21,25-4)26-5)20-13-14-9-7-6-8-10-14/h6-12,19-20H,13H2,1-5H3. The molecule has 8 heteroatoms. The van der Waals surface area contributed by atoms with E-state index in [0.717, 1.165) is 5.56 Å². The summed E-state index contributed by atoms with van der Waals surface area (Å²) in [4.78, 5) is 0. The van der Waals surface area contributed by atoms with Gasteiger partial charge in [0.25, 0.3) is 0 Å². The molecule has 1 unspecified atom stereocenters. The summed E-state index contributed by atoms with van der Waals surface area (Å²) in [6, 6.07) is 13.2. The first-order valence-electron chi connectivity index (χ1n) is 8.31. The summed E-state index contributed by atoms with van der Waals surface area (Å²) in [7, 11) is 3.81. The Balaban J connectivity index is 2.48. The molecule has 0 heterocycles. The maximum absolute atomic E-state index is 13.2. The third-order valence-corrected chi connectivity index (χ3v) is 6.30. The van der Waals surface area contributed by atoms with Gasteiger partial charge in [-0.05, 0) is 23.3 Å². The van der Waals surface area contributed by atoms with Gasteiger partial charge in [-0.2, -0.15) is 0 Å². The van der Waals surface area contributed by atoms with Crippen LogP contribution in [0.4, 0.5) is 0 Å². The molecule has 7 nitrogen and oxygen atoms in total. The molecule has 1 N–H and O–H groups in total. The van der Waals surface area contributed by atoms with Crippen molar-refractivity contribution in [3.8, 4) is 17.2 Å². The number of benzene rings is 2. The van der Waals surface area contributed by atoms with E-state index in [1.54, 1.807) is 12.1 Å². The van der Waals surface area contributed by atoms with Crippen molar-refractivity contribution < 1.29 is 27.8 Å². The predicted molar refractivity (Wildman–Crippen MR) is 104 cm³/mol. The van der Waals surface area contributed by atoms with E-state index < -0.39 is 13.4 Å². The summed E-state index contributed by atoms with van der Waals surface area (Å²) in [5.74, 6) is 0.630. The van der Waals surface area contributed by atoms with Crippen LogP contribution in [0.3, 0.4) is 0 Å². The van der Waals surface area contributed by atoms with E-state index in [2.05, 4.69) is 5.32 Å². The first-order valence-corrected chi connectivity index (χ1v) is 9.92. The normalized spacial score (nSPS) is 12.5. The Labute approximate surface area is 160 Å². The molecule has 0 aromatic heterocycles. The first kappa shape index (κ1) is 21.3. The number of rotatable bonds is 10. The Morgan fingerprint density at radius 3 is 1.89 bits per heavy atom. The highest BCUT2D eigenvalue weighted by Crippen LogP contribution is 2.59. The zero-order valence-electron chi connectivity index (χ0n) is 16.2. The zero-order valence-corrected chi connectivity index (χ0v) is 17.1. The van der Waals surface area contributed by atoms with Crippen LogP contribution in [-0.2, 0) is 20.2 Å².